The van der Waals surface area contributed by atoms with Crippen LogP contribution >= 0.6 is 44.8 Å². The number of halogens is 2. The van der Waals surface area contributed by atoms with Crippen molar-refractivity contribution in [2.24, 2.45) is 0 Å². The van der Waals surface area contributed by atoms with Gasteiger partial charge in [-0.2, -0.15) is 0 Å². The quantitative estimate of drug-likeness (QED) is 0.220. The third kappa shape index (κ3) is 9.29. The van der Waals surface area contributed by atoms with Crippen LogP contribution in [0.15, 0.2) is 57.9 Å². The van der Waals surface area contributed by atoms with Crippen molar-refractivity contribution in [1.29, 1.82) is 0 Å². The van der Waals surface area contributed by atoms with Gasteiger partial charge in [0.2, 0.25) is 11.8 Å². The maximum absolute atomic E-state index is 12.6. The van der Waals surface area contributed by atoms with Crippen LogP contribution in [0.3, 0.4) is 0 Å². The minimum absolute atomic E-state index is 0.114. The molecule has 0 spiro atoms. The summed E-state index contributed by atoms with van der Waals surface area (Å²) >= 11 is 12.5. The molecule has 2 rings (SSSR count). The number of allylic oxidation sites excluding steroid dienone is 2. The molecule has 2 N–H and O–H groups in total. The second-order valence-electron chi connectivity index (χ2n) is 8.25. The highest BCUT2D eigenvalue weighted by atomic mass is 35.5. The topological polar surface area (TPSA) is 107 Å². The molecule has 0 aliphatic carbocycles. The lowest BCUT2D eigenvalue weighted by Crippen LogP contribution is -2.28. The number of rotatable bonds is 13. The van der Waals surface area contributed by atoms with E-state index in [4.69, 9.17) is 23.2 Å². The van der Waals surface area contributed by atoms with Crippen LogP contribution in [0.5, 0.6) is 0 Å². The Morgan fingerprint density at radius 2 is 1.13 bits per heavy atom. The zero-order valence-corrected chi connectivity index (χ0v) is 24.9. The number of hydrogen-bond donors (Lipinski definition) is 2. The van der Waals surface area contributed by atoms with Crippen molar-refractivity contribution in [2.45, 2.75) is 53.6 Å². The lowest BCUT2D eigenvalue weighted by molar-refractivity contribution is -0.128. The van der Waals surface area contributed by atoms with Crippen molar-refractivity contribution in [3.63, 3.8) is 0 Å². The summed E-state index contributed by atoms with van der Waals surface area (Å²) in [6, 6.07) is 7.13. The number of amides is 2. The van der Waals surface area contributed by atoms with Crippen molar-refractivity contribution in [3.05, 3.63) is 79.3 Å². The van der Waals surface area contributed by atoms with Crippen LogP contribution in [-0.2, 0) is 22.7 Å². The van der Waals surface area contributed by atoms with Gasteiger partial charge in [-0.1, -0.05) is 56.9 Å². The van der Waals surface area contributed by atoms with Crippen LogP contribution in [0, 0.1) is 0 Å². The van der Waals surface area contributed by atoms with Crippen molar-refractivity contribution < 1.29 is 19.8 Å². The van der Waals surface area contributed by atoms with Gasteiger partial charge in [0.05, 0.1) is 13.1 Å². The predicted molar refractivity (Wildman–Crippen MR) is 155 cm³/mol. The summed E-state index contributed by atoms with van der Waals surface area (Å²) in [5.74, 6) is -0.358. The molecule has 2 aromatic heterocycles. The minimum atomic E-state index is -0.179. The number of aliphatic hydroxyl groups excluding tert-OH is 2. The second kappa shape index (κ2) is 16.1. The number of aliphatic hydroxyl groups is 2. The highest BCUT2D eigenvalue weighted by Gasteiger charge is 2.21. The number of carbonyl (C=O) groups excluding carboxylic acids is 2. The fraction of sp³-hybridized carbons (Fsp3) is 0.385. The Bertz CT molecular complexity index is 1100. The van der Waals surface area contributed by atoms with Gasteiger partial charge in [0.15, 0.2) is 0 Å². The predicted octanol–water partition coefficient (Wildman–Crippen LogP) is 5.79. The van der Waals surface area contributed by atoms with E-state index in [0.717, 1.165) is 9.81 Å². The summed E-state index contributed by atoms with van der Waals surface area (Å²) in [4.78, 5) is 38.1. The Morgan fingerprint density at radius 3 is 1.42 bits per heavy atom. The third-order valence-electron chi connectivity index (χ3n) is 5.63. The second-order valence-corrected chi connectivity index (χ2v) is 11.3. The molecule has 0 aliphatic heterocycles. The lowest BCUT2D eigenvalue weighted by atomic mass is 10.2. The first kappa shape index (κ1) is 32.1. The fourth-order valence-electron chi connectivity index (χ4n) is 3.52. The summed E-state index contributed by atoms with van der Waals surface area (Å²) in [7, 11) is 2.76. The van der Waals surface area contributed by atoms with Gasteiger partial charge in [0, 0.05) is 84.6 Å². The molecule has 0 saturated carbocycles. The minimum Gasteiger partial charge on any atom is -0.396 e. The van der Waals surface area contributed by atoms with Crippen molar-refractivity contribution in [2.75, 3.05) is 13.2 Å². The molecule has 2 heterocycles. The van der Waals surface area contributed by atoms with Crippen LogP contribution in [0.25, 0.3) is 0 Å². The molecule has 2 amide bonds. The van der Waals surface area contributed by atoms with Crippen LogP contribution in [0.1, 0.15) is 51.7 Å². The molecular formula is C26H32Cl2N4O4S2. The number of pyridine rings is 2. The molecule has 0 radical (unpaired) electrons. The molecule has 8 nitrogen and oxygen atoms in total. The standard InChI is InChI=1S/C26H32Cl2N4O4S2/c1-17(31(19(3)35)15-21-7-5-11-29-25(21)27)23(9-13-33)37-38-24(10-14-34)18(2)32(20(4)36)16-22-8-6-12-30-26(22)28/h5-8,11-12,33-34H,9-10,13-16H2,1-4H3/b23-17-,24-18-. The Kier molecular flexibility index (Phi) is 13.6. The molecular weight excluding hydrogens is 567 g/mol. The van der Waals surface area contributed by atoms with Crippen LogP contribution in [0.2, 0.25) is 10.3 Å². The summed E-state index contributed by atoms with van der Waals surface area (Å²) in [5, 5.41) is 20.1. The number of hydrogen-bond acceptors (Lipinski definition) is 8. The van der Waals surface area contributed by atoms with E-state index in [0.29, 0.717) is 45.7 Å². The first-order chi connectivity index (χ1) is 18.1. The Labute approximate surface area is 241 Å². The van der Waals surface area contributed by atoms with Gasteiger partial charge in [0.25, 0.3) is 0 Å². The first-order valence-corrected chi connectivity index (χ1v) is 14.7. The monoisotopic (exact) mass is 598 g/mol. The number of nitrogens with zero attached hydrogens (tertiary/aromatic N) is 4. The molecule has 0 bridgehead atoms. The number of carbonyl (C=O) groups is 2. The van der Waals surface area contributed by atoms with Gasteiger partial charge in [-0.3, -0.25) is 9.59 Å². The van der Waals surface area contributed by atoms with Crippen LogP contribution < -0.4 is 0 Å². The van der Waals surface area contributed by atoms with E-state index < -0.39 is 0 Å². The molecule has 0 fully saturated rings. The van der Waals surface area contributed by atoms with E-state index in [2.05, 4.69) is 9.97 Å². The highest BCUT2D eigenvalue weighted by Crippen LogP contribution is 2.43. The zero-order chi connectivity index (χ0) is 28.2. The summed E-state index contributed by atoms with van der Waals surface area (Å²) in [5.41, 5.74) is 2.76. The van der Waals surface area contributed by atoms with Gasteiger partial charge >= 0.3 is 0 Å². The molecule has 0 unspecified atom stereocenters. The maximum Gasteiger partial charge on any atom is 0.223 e. The Hall–Kier alpha value is -2.08. The smallest absolute Gasteiger partial charge is 0.223 e. The van der Waals surface area contributed by atoms with E-state index >= 15 is 0 Å². The number of aromatic nitrogens is 2. The van der Waals surface area contributed by atoms with E-state index in [9.17, 15) is 19.8 Å². The fourth-order valence-corrected chi connectivity index (χ4v) is 6.72. The summed E-state index contributed by atoms with van der Waals surface area (Å²) < 4.78 is 0. The molecule has 0 aromatic carbocycles. The van der Waals surface area contributed by atoms with Gasteiger partial charge in [0.1, 0.15) is 10.3 Å². The van der Waals surface area contributed by atoms with Gasteiger partial charge in [-0.05, 0) is 26.0 Å². The molecule has 0 saturated heterocycles. The van der Waals surface area contributed by atoms with E-state index in [-0.39, 0.29) is 38.1 Å². The zero-order valence-electron chi connectivity index (χ0n) is 21.8. The van der Waals surface area contributed by atoms with Crippen molar-refractivity contribution >= 4 is 56.6 Å². The first-order valence-electron chi connectivity index (χ1n) is 11.8. The third-order valence-corrected chi connectivity index (χ3v) is 9.25. The van der Waals surface area contributed by atoms with E-state index in [1.807, 2.05) is 26.0 Å². The van der Waals surface area contributed by atoms with Gasteiger partial charge in [-0.15, -0.1) is 0 Å². The van der Waals surface area contributed by atoms with Crippen LogP contribution in [-0.4, -0.2) is 55.0 Å². The molecule has 206 valence electrons. The molecule has 0 atom stereocenters. The normalized spacial score (nSPS) is 12.5. The molecule has 12 heteroatoms. The average molecular weight is 600 g/mol. The maximum atomic E-state index is 12.6. The summed E-state index contributed by atoms with van der Waals surface area (Å²) in [6.45, 7) is 6.81. The molecule has 0 aliphatic rings. The van der Waals surface area contributed by atoms with Crippen molar-refractivity contribution in [3.8, 4) is 0 Å². The van der Waals surface area contributed by atoms with Gasteiger partial charge < -0.3 is 20.0 Å². The molecule has 2 aromatic rings. The van der Waals surface area contributed by atoms with Crippen molar-refractivity contribution in [1.82, 2.24) is 19.8 Å². The average Bonchev–Trinajstić information content (AvgIpc) is 2.88. The van der Waals surface area contributed by atoms with E-state index in [1.165, 1.54) is 35.4 Å². The summed E-state index contributed by atoms with van der Waals surface area (Å²) in [6.07, 6.45) is 3.81. The van der Waals surface area contributed by atoms with Gasteiger partial charge in [-0.25, -0.2) is 9.97 Å². The van der Waals surface area contributed by atoms with Crippen LogP contribution in [0.4, 0.5) is 0 Å². The SMILES string of the molecule is CC(=O)N(Cc1cccnc1Cl)/C(C)=C(/CCO)SS/C(CCO)=C(/C)N(Cc1cccnc1Cl)C(C)=O. The Morgan fingerprint density at radius 1 is 0.763 bits per heavy atom. The van der Waals surface area contributed by atoms with E-state index in [1.54, 1.807) is 34.3 Å². The Balaban J connectivity index is 2.38. The molecule has 38 heavy (non-hydrogen) atoms. The highest BCUT2D eigenvalue weighted by molar-refractivity contribution is 8.79. The lowest BCUT2D eigenvalue weighted by Gasteiger charge is -2.26. The largest absolute Gasteiger partial charge is 0.396 e.